The first-order chi connectivity index (χ1) is 12.0. The molecule has 0 N–H and O–H groups in total. The maximum atomic E-state index is 12.7. The molecule has 1 aliphatic rings. The van der Waals surface area contributed by atoms with Crippen LogP contribution in [0.1, 0.15) is 30.4 Å². The van der Waals surface area contributed by atoms with Crippen LogP contribution in [0.4, 0.5) is 13.2 Å². The van der Waals surface area contributed by atoms with E-state index in [2.05, 4.69) is 9.55 Å². The molecule has 1 aromatic carbocycles. The number of aryl methyl sites for hydroxylation is 1. The quantitative estimate of drug-likeness (QED) is 0.654. The predicted octanol–water partition coefficient (Wildman–Crippen LogP) is 5.49. The molecule has 1 fully saturated rings. The summed E-state index contributed by atoms with van der Waals surface area (Å²) >= 11 is 3.94. The second-order valence-corrected chi connectivity index (χ2v) is 9.45. The van der Waals surface area contributed by atoms with E-state index >= 15 is 0 Å². The highest BCUT2D eigenvalue weighted by atomic mass is 32.2. The van der Waals surface area contributed by atoms with Gasteiger partial charge in [0.25, 0.3) is 0 Å². The summed E-state index contributed by atoms with van der Waals surface area (Å²) in [5.41, 5.74) is 0.409. The Labute approximate surface area is 154 Å². The number of aromatic nitrogens is 2. The SMILES string of the molecule is FC(F)(F)c1ccc(CC2(CCCn3ccnc3)SCCCS2)cc1. The molecule has 1 aliphatic heterocycles. The standard InChI is InChI=1S/C18H21F3N2S2/c19-18(20,21)16-5-3-15(4-6-16)13-17(24-11-2-12-25-17)7-1-9-23-10-8-22-14-23/h3-6,8,10,14H,1-2,7,9,11-13H2. The molecule has 136 valence electrons. The number of nitrogens with zero attached hydrogens (tertiary/aromatic N) is 2. The van der Waals surface area contributed by atoms with Gasteiger partial charge in [0.15, 0.2) is 0 Å². The Kier molecular flexibility index (Phi) is 6.04. The van der Waals surface area contributed by atoms with E-state index < -0.39 is 11.7 Å². The van der Waals surface area contributed by atoms with E-state index in [1.807, 2.05) is 36.0 Å². The van der Waals surface area contributed by atoms with E-state index in [-0.39, 0.29) is 4.08 Å². The van der Waals surface area contributed by atoms with Crippen molar-refractivity contribution >= 4 is 23.5 Å². The molecule has 0 saturated carbocycles. The first-order valence-corrected chi connectivity index (χ1v) is 10.3. The van der Waals surface area contributed by atoms with Gasteiger partial charge < -0.3 is 4.57 Å². The van der Waals surface area contributed by atoms with Crippen molar-refractivity contribution in [3.8, 4) is 0 Å². The number of hydrogen-bond donors (Lipinski definition) is 0. The van der Waals surface area contributed by atoms with Crippen molar-refractivity contribution in [1.82, 2.24) is 9.55 Å². The number of thioether (sulfide) groups is 2. The molecule has 0 unspecified atom stereocenters. The van der Waals surface area contributed by atoms with Crippen molar-refractivity contribution in [3.05, 3.63) is 54.1 Å². The van der Waals surface area contributed by atoms with E-state index in [1.165, 1.54) is 18.6 Å². The summed E-state index contributed by atoms with van der Waals surface area (Å²) in [5, 5.41) is 0. The molecule has 0 radical (unpaired) electrons. The van der Waals surface area contributed by atoms with Gasteiger partial charge in [0.2, 0.25) is 0 Å². The lowest BCUT2D eigenvalue weighted by Crippen LogP contribution is -2.28. The van der Waals surface area contributed by atoms with E-state index in [9.17, 15) is 13.2 Å². The average molecular weight is 387 g/mol. The van der Waals surface area contributed by atoms with Gasteiger partial charge in [-0.2, -0.15) is 13.2 Å². The van der Waals surface area contributed by atoms with Crippen LogP contribution in [0.25, 0.3) is 0 Å². The zero-order valence-corrected chi connectivity index (χ0v) is 15.5. The molecule has 1 aromatic heterocycles. The summed E-state index contributed by atoms with van der Waals surface area (Å²) in [6.07, 6.45) is 5.39. The summed E-state index contributed by atoms with van der Waals surface area (Å²) in [4.78, 5) is 4.06. The second kappa shape index (κ2) is 8.08. The number of benzene rings is 1. The third kappa shape index (κ3) is 5.20. The van der Waals surface area contributed by atoms with Crippen molar-refractivity contribution in [3.63, 3.8) is 0 Å². The largest absolute Gasteiger partial charge is 0.416 e. The summed E-state index contributed by atoms with van der Waals surface area (Å²) < 4.78 is 40.4. The van der Waals surface area contributed by atoms with E-state index in [0.29, 0.717) is 0 Å². The van der Waals surface area contributed by atoms with Crippen LogP contribution in [0.3, 0.4) is 0 Å². The third-order valence-electron chi connectivity index (χ3n) is 4.31. The molecule has 1 saturated heterocycles. The summed E-state index contributed by atoms with van der Waals surface area (Å²) in [6, 6.07) is 5.67. The smallest absolute Gasteiger partial charge is 0.337 e. The predicted molar refractivity (Wildman–Crippen MR) is 98.9 cm³/mol. The third-order valence-corrected chi connectivity index (χ3v) is 7.75. The fourth-order valence-corrected chi connectivity index (χ4v) is 6.48. The molecular formula is C18H21F3N2S2. The molecule has 2 nitrogen and oxygen atoms in total. The minimum atomic E-state index is -4.27. The van der Waals surface area contributed by atoms with Crippen LogP contribution < -0.4 is 0 Å². The van der Waals surface area contributed by atoms with Crippen molar-refractivity contribution in [1.29, 1.82) is 0 Å². The van der Waals surface area contributed by atoms with Crippen molar-refractivity contribution < 1.29 is 13.2 Å². The van der Waals surface area contributed by atoms with Gasteiger partial charge in [0.1, 0.15) is 0 Å². The van der Waals surface area contributed by atoms with E-state index in [0.717, 1.165) is 42.9 Å². The van der Waals surface area contributed by atoms with Crippen LogP contribution in [0, 0.1) is 0 Å². The van der Waals surface area contributed by atoms with Gasteiger partial charge >= 0.3 is 6.18 Å². The van der Waals surface area contributed by atoms with Crippen LogP contribution in [-0.2, 0) is 19.1 Å². The Hall–Kier alpha value is -1.08. The lowest BCUT2D eigenvalue weighted by atomic mass is 10.0. The summed E-state index contributed by atoms with van der Waals surface area (Å²) in [6.45, 7) is 0.926. The fourth-order valence-electron chi connectivity index (χ4n) is 3.02. The second-order valence-electron chi connectivity index (χ2n) is 6.24. The monoisotopic (exact) mass is 386 g/mol. The lowest BCUT2D eigenvalue weighted by molar-refractivity contribution is -0.137. The molecule has 0 amide bonds. The zero-order chi connectivity index (χ0) is 17.8. The molecular weight excluding hydrogens is 365 g/mol. The van der Waals surface area contributed by atoms with Crippen LogP contribution in [0.5, 0.6) is 0 Å². The molecule has 0 atom stereocenters. The number of hydrogen-bond acceptors (Lipinski definition) is 3. The van der Waals surface area contributed by atoms with Gasteiger partial charge in [-0.05, 0) is 54.9 Å². The fraction of sp³-hybridized carbons (Fsp3) is 0.500. The highest BCUT2D eigenvalue weighted by Gasteiger charge is 2.34. The van der Waals surface area contributed by atoms with Gasteiger partial charge in [-0.15, -0.1) is 23.5 Å². The molecule has 3 rings (SSSR count). The topological polar surface area (TPSA) is 17.8 Å². The minimum Gasteiger partial charge on any atom is -0.337 e. The highest BCUT2D eigenvalue weighted by Crippen LogP contribution is 2.48. The van der Waals surface area contributed by atoms with Gasteiger partial charge in [0.05, 0.1) is 16.0 Å². The molecule has 0 bridgehead atoms. The highest BCUT2D eigenvalue weighted by molar-refractivity contribution is 8.18. The Morgan fingerprint density at radius 2 is 1.84 bits per heavy atom. The normalized spacial score (nSPS) is 17.6. The summed E-state index contributed by atoms with van der Waals surface area (Å²) in [5.74, 6) is 2.25. The first-order valence-electron chi connectivity index (χ1n) is 8.37. The molecule has 0 spiro atoms. The summed E-state index contributed by atoms with van der Waals surface area (Å²) in [7, 11) is 0. The Morgan fingerprint density at radius 3 is 2.44 bits per heavy atom. The lowest BCUT2D eigenvalue weighted by Gasteiger charge is -2.36. The van der Waals surface area contributed by atoms with Gasteiger partial charge in [0, 0.05) is 18.9 Å². The van der Waals surface area contributed by atoms with Crippen LogP contribution in [0.2, 0.25) is 0 Å². The maximum absolute atomic E-state index is 12.7. The number of alkyl halides is 3. The first kappa shape index (κ1) is 18.7. The molecule has 0 aliphatic carbocycles. The van der Waals surface area contributed by atoms with E-state index in [4.69, 9.17) is 0 Å². The maximum Gasteiger partial charge on any atom is 0.416 e. The van der Waals surface area contributed by atoms with Crippen LogP contribution in [0.15, 0.2) is 43.0 Å². The Morgan fingerprint density at radius 1 is 1.12 bits per heavy atom. The molecule has 2 heterocycles. The van der Waals surface area contributed by atoms with Crippen molar-refractivity contribution in [2.75, 3.05) is 11.5 Å². The van der Waals surface area contributed by atoms with Gasteiger partial charge in [-0.25, -0.2) is 4.98 Å². The van der Waals surface area contributed by atoms with Gasteiger partial charge in [-0.3, -0.25) is 0 Å². The number of imidazole rings is 1. The molecule has 7 heteroatoms. The zero-order valence-electron chi connectivity index (χ0n) is 13.8. The molecule has 2 aromatic rings. The number of rotatable bonds is 6. The Balaban J connectivity index is 1.65. The van der Waals surface area contributed by atoms with Crippen LogP contribution in [-0.4, -0.2) is 25.1 Å². The Bertz CT molecular complexity index is 648. The molecule has 25 heavy (non-hydrogen) atoms. The van der Waals surface area contributed by atoms with Crippen molar-refractivity contribution in [2.24, 2.45) is 0 Å². The van der Waals surface area contributed by atoms with Gasteiger partial charge in [-0.1, -0.05) is 12.1 Å². The van der Waals surface area contributed by atoms with Crippen molar-refractivity contribution in [2.45, 2.75) is 42.5 Å². The average Bonchev–Trinajstić information content (AvgIpc) is 3.09. The van der Waals surface area contributed by atoms with Crippen LogP contribution >= 0.6 is 23.5 Å². The minimum absolute atomic E-state index is 0.0680. The van der Waals surface area contributed by atoms with E-state index in [1.54, 1.807) is 18.3 Å². The number of halogens is 3.